The number of thiophene rings is 1. The first-order valence-corrected chi connectivity index (χ1v) is 7.60. The number of hydrogen-bond acceptors (Lipinski definition) is 4. The van der Waals surface area contributed by atoms with Crippen LogP contribution in [0.2, 0.25) is 0 Å². The summed E-state index contributed by atoms with van der Waals surface area (Å²) in [5.74, 6) is 5.85. The summed E-state index contributed by atoms with van der Waals surface area (Å²) in [6.07, 6.45) is 1.61. The first kappa shape index (κ1) is 13.9. The van der Waals surface area contributed by atoms with E-state index in [-0.39, 0.29) is 12.5 Å². The van der Waals surface area contributed by atoms with Crippen LogP contribution in [-0.2, 0) is 10.8 Å². The minimum atomic E-state index is -0.895. The molecule has 0 aliphatic rings. The van der Waals surface area contributed by atoms with E-state index < -0.39 is 10.8 Å². The normalized spacial score (nSPS) is 11.4. The van der Waals surface area contributed by atoms with Gasteiger partial charge in [0.25, 0.3) is 5.91 Å². The summed E-state index contributed by atoms with van der Waals surface area (Å²) in [6, 6.07) is 1.79. The molecule has 0 spiro atoms. The van der Waals surface area contributed by atoms with Crippen LogP contribution in [0.5, 0.6) is 0 Å². The van der Waals surface area contributed by atoms with Crippen LogP contribution in [0.1, 0.15) is 15.2 Å². The van der Waals surface area contributed by atoms with Gasteiger partial charge in [0.05, 0.1) is 6.54 Å². The molecule has 0 saturated carbocycles. The average Bonchev–Trinajstić information content (AvgIpc) is 2.73. The van der Waals surface area contributed by atoms with Gasteiger partial charge in [0, 0.05) is 34.9 Å². The fourth-order valence-electron chi connectivity index (χ4n) is 1.12. The molecular weight excluding hydrogens is 256 g/mol. The second kappa shape index (κ2) is 7.22. The van der Waals surface area contributed by atoms with E-state index in [4.69, 9.17) is 5.73 Å². The Balaban J connectivity index is 2.63. The summed E-state index contributed by atoms with van der Waals surface area (Å²) in [5.41, 5.74) is 5.97. The second-order valence-corrected chi connectivity index (χ2v) is 5.67. The van der Waals surface area contributed by atoms with Crippen LogP contribution in [0.15, 0.2) is 11.4 Å². The van der Waals surface area contributed by atoms with E-state index in [2.05, 4.69) is 17.2 Å². The minimum absolute atomic E-state index is 0.174. The summed E-state index contributed by atoms with van der Waals surface area (Å²) in [4.78, 5) is 12.3. The highest BCUT2D eigenvalue weighted by Gasteiger charge is 2.11. The van der Waals surface area contributed by atoms with Gasteiger partial charge in [-0.2, -0.15) is 0 Å². The molecule has 1 aromatic rings. The zero-order valence-electron chi connectivity index (χ0n) is 9.49. The van der Waals surface area contributed by atoms with Gasteiger partial charge in [-0.25, -0.2) is 0 Å². The fourth-order valence-corrected chi connectivity index (χ4v) is 2.27. The highest BCUT2D eigenvalue weighted by Crippen LogP contribution is 2.15. The maximum Gasteiger partial charge on any atom is 0.262 e. The molecular formula is C11H14N2O2S2. The van der Waals surface area contributed by atoms with Crippen molar-refractivity contribution in [1.29, 1.82) is 0 Å². The van der Waals surface area contributed by atoms with Crippen molar-refractivity contribution < 1.29 is 9.00 Å². The third-order valence-corrected chi connectivity index (χ3v) is 3.56. The highest BCUT2D eigenvalue weighted by molar-refractivity contribution is 7.84. The smallest absolute Gasteiger partial charge is 0.262 e. The molecule has 17 heavy (non-hydrogen) atoms. The van der Waals surface area contributed by atoms with E-state index in [1.54, 1.807) is 12.3 Å². The van der Waals surface area contributed by atoms with Gasteiger partial charge in [-0.1, -0.05) is 11.8 Å². The zero-order chi connectivity index (χ0) is 12.7. The Morgan fingerprint density at radius 1 is 1.65 bits per heavy atom. The lowest BCUT2D eigenvalue weighted by atomic mass is 10.2. The minimum Gasteiger partial charge on any atom is -0.350 e. The Bertz CT molecular complexity index is 471. The molecule has 1 aromatic heterocycles. The van der Waals surface area contributed by atoms with Gasteiger partial charge >= 0.3 is 0 Å². The molecule has 0 saturated heterocycles. The van der Waals surface area contributed by atoms with E-state index in [0.717, 1.165) is 0 Å². The van der Waals surface area contributed by atoms with Crippen LogP contribution in [0.4, 0.5) is 0 Å². The van der Waals surface area contributed by atoms with Crippen molar-refractivity contribution in [2.75, 3.05) is 25.1 Å². The van der Waals surface area contributed by atoms with E-state index >= 15 is 0 Å². The molecule has 4 nitrogen and oxygen atoms in total. The van der Waals surface area contributed by atoms with Gasteiger partial charge in [-0.3, -0.25) is 9.00 Å². The molecule has 1 atom stereocenters. The Morgan fingerprint density at radius 3 is 3.06 bits per heavy atom. The molecule has 0 aliphatic heterocycles. The molecule has 1 heterocycles. The van der Waals surface area contributed by atoms with Crippen molar-refractivity contribution in [2.45, 2.75) is 0 Å². The van der Waals surface area contributed by atoms with Crippen LogP contribution >= 0.6 is 11.3 Å². The fraction of sp³-hybridized carbons (Fsp3) is 0.364. The van der Waals surface area contributed by atoms with Gasteiger partial charge in [0.1, 0.15) is 4.88 Å². The Labute approximate surface area is 107 Å². The number of carbonyl (C=O) groups is 1. The predicted octanol–water partition coefficient (Wildman–Crippen LogP) is 0.167. The van der Waals surface area contributed by atoms with Crippen LogP contribution in [0.3, 0.4) is 0 Å². The number of amides is 1. The number of carbonyl (C=O) groups excluding carboxylic acids is 1. The highest BCUT2D eigenvalue weighted by atomic mass is 32.2. The topological polar surface area (TPSA) is 72.2 Å². The van der Waals surface area contributed by atoms with Crippen LogP contribution in [-0.4, -0.2) is 35.2 Å². The van der Waals surface area contributed by atoms with Crippen LogP contribution in [0.25, 0.3) is 0 Å². The number of rotatable bonds is 4. The Hall–Kier alpha value is -1.16. The third kappa shape index (κ3) is 4.69. The molecule has 0 fully saturated rings. The van der Waals surface area contributed by atoms with E-state index in [1.165, 1.54) is 11.3 Å². The molecule has 1 unspecified atom stereocenters. The number of nitrogens with one attached hydrogen (secondary N) is 1. The molecule has 0 aromatic carbocycles. The molecule has 0 aliphatic carbocycles. The Kier molecular flexibility index (Phi) is 5.91. The second-order valence-electron chi connectivity index (χ2n) is 3.20. The summed E-state index contributed by atoms with van der Waals surface area (Å²) in [7, 11) is -0.895. The van der Waals surface area contributed by atoms with E-state index in [0.29, 0.717) is 22.7 Å². The standard InChI is InChI=1S/C11H14N2O2S2/c1-17(15)8-6-13-11(14)10-9(3-2-5-12)4-7-16-10/h4,7H,5-6,8,12H2,1H3,(H,13,14). The first-order chi connectivity index (χ1) is 8.15. The van der Waals surface area contributed by atoms with Crippen molar-refractivity contribution in [3.63, 3.8) is 0 Å². The van der Waals surface area contributed by atoms with Gasteiger partial charge in [-0.05, 0) is 11.4 Å². The monoisotopic (exact) mass is 270 g/mol. The molecule has 1 rings (SSSR count). The van der Waals surface area contributed by atoms with Gasteiger partial charge in [0.2, 0.25) is 0 Å². The number of nitrogens with two attached hydrogens (primary N) is 1. The van der Waals surface area contributed by atoms with Gasteiger partial charge in [-0.15, -0.1) is 11.3 Å². The largest absolute Gasteiger partial charge is 0.350 e. The summed E-state index contributed by atoms with van der Waals surface area (Å²) in [6.45, 7) is 0.676. The van der Waals surface area contributed by atoms with Crippen LogP contribution in [0, 0.1) is 11.8 Å². The maximum absolute atomic E-state index is 11.8. The summed E-state index contributed by atoms with van der Waals surface area (Å²) >= 11 is 1.34. The molecule has 3 N–H and O–H groups in total. The molecule has 92 valence electrons. The van der Waals surface area contributed by atoms with Crippen LogP contribution < -0.4 is 11.1 Å². The van der Waals surface area contributed by atoms with Crippen molar-refractivity contribution in [3.8, 4) is 11.8 Å². The molecule has 1 amide bonds. The van der Waals surface area contributed by atoms with Gasteiger partial charge in [0.15, 0.2) is 0 Å². The first-order valence-electron chi connectivity index (χ1n) is 4.99. The molecule has 0 radical (unpaired) electrons. The third-order valence-electron chi connectivity index (χ3n) is 1.87. The summed E-state index contributed by atoms with van der Waals surface area (Å²) < 4.78 is 10.8. The zero-order valence-corrected chi connectivity index (χ0v) is 11.1. The molecule has 0 bridgehead atoms. The lowest BCUT2D eigenvalue weighted by Gasteiger charge is -2.02. The average molecular weight is 270 g/mol. The van der Waals surface area contributed by atoms with Crippen molar-refractivity contribution >= 4 is 28.0 Å². The SMILES string of the molecule is CS(=O)CCNC(=O)c1sccc1C#CCN. The Morgan fingerprint density at radius 2 is 2.41 bits per heavy atom. The van der Waals surface area contributed by atoms with E-state index in [9.17, 15) is 9.00 Å². The van der Waals surface area contributed by atoms with Crippen molar-refractivity contribution in [2.24, 2.45) is 5.73 Å². The number of hydrogen-bond donors (Lipinski definition) is 2. The molecule has 6 heteroatoms. The lowest BCUT2D eigenvalue weighted by Crippen LogP contribution is -2.27. The van der Waals surface area contributed by atoms with Crippen molar-refractivity contribution in [1.82, 2.24) is 5.32 Å². The predicted molar refractivity (Wildman–Crippen MR) is 71.5 cm³/mol. The quantitative estimate of drug-likeness (QED) is 0.766. The van der Waals surface area contributed by atoms with Gasteiger partial charge < -0.3 is 11.1 Å². The maximum atomic E-state index is 11.8. The van der Waals surface area contributed by atoms with E-state index in [1.807, 2.05) is 5.38 Å². The lowest BCUT2D eigenvalue weighted by molar-refractivity contribution is 0.0960. The van der Waals surface area contributed by atoms with Crippen molar-refractivity contribution in [3.05, 3.63) is 21.9 Å². The summed E-state index contributed by atoms with van der Waals surface area (Å²) in [5, 5.41) is 4.53.